The van der Waals surface area contributed by atoms with E-state index in [1.54, 1.807) is 11.8 Å². The molecule has 0 fully saturated rings. The van der Waals surface area contributed by atoms with Gasteiger partial charge in [-0.1, -0.05) is 29.8 Å². The molecule has 0 radical (unpaired) electrons. The Balaban J connectivity index is 2.68. The van der Waals surface area contributed by atoms with Crippen molar-refractivity contribution in [2.45, 2.75) is 23.5 Å². The Bertz CT molecular complexity index is 449. The summed E-state index contributed by atoms with van der Waals surface area (Å²) in [5, 5.41) is 0.587. The SMILES string of the molecule is CC1(C)Sc2ccccc2C(Cl)=C1C=O. The second-order valence-electron chi connectivity index (χ2n) is 3.95. The third-order valence-corrected chi connectivity index (χ3v) is 4.20. The minimum absolute atomic E-state index is 0.243. The van der Waals surface area contributed by atoms with Gasteiger partial charge in [0.2, 0.25) is 0 Å². The fraction of sp³-hybridized carbons (Fsp3) is 0.250. The molecule has 0 unspecified atom stereocenters. The molecule has 0 saturated heterocycles. The number of hydrogen-bond acceptors (Lipinski definition) is 2. The molecule has 0 saturated carbocycles. The number of halogens is 1. The van der Waals surface area contributed by atoms with Crippen LogP contribution in [0.5, 0.6) is 0 Å². The quantitative estimate of drug-likeness (QED) is 0.694. The zero-order chi connectivity index (χ0) is 11.1. The highest BCUT2D eigenvalue weighted by atomic mass is 35.5. The largest absolute Gasteiger partial charge is 0.298 e. The van der Waals surface area contributed by atoms with Crippen LogP contribution in [-0.4, -0.2) is 11.0 Å². The van der Waals surface area contributed by atoms with Crippen molar-refractivity contribution < 1.29 is 4.79 Å². The summed E-state index contributed by atoms with van der Waals surface area (Å²) in [6.07, 6.45) is 0.866. The van der Waals surface area contributed by atoms with Crippen LogP contribution in [0.2, 0.25) is 0 Å². The molecule has 0 spiro atoms. The van der Waals surface area contributed by atoms with Crippen LogP contribution in [0.4, 0.5) is 0 Å². The summed E-state index contributed by atoms with van der Waals surface area (Å²) in [7, 11) is 0. The Morgan fingerprint density at radius 1 is 1.33 bits per heavy atom. The highest BCUT2D eigenvalue weighted by molar-refractivity contribution is 8.01. The number of benzene rings is 1. The van der Waals surface area contributed by atoms with Gasteiger partial charge >= 0.3 is 0 Å². The molecule has 2 rings (SSSR count). The van der Waals surface area contributed by atoms with E-state index < -0.39 is 0 Å². The van der Waals surface area contributed by atoms with Crippen molar-refractivity contribution in [1.29, 1.82) is 0 Å². The molecule has 0 bridgehead atoms. The Hall–Kier alpha value is -0.730. The van der Waals surface area contributed by atoms with Gasteiger partial charge in [-0.2, -0.15) is 0 Å². The molecule has 0 aromatic heterocycles. The number of carbonyl (C=O) groups is 1. The summed E-state index contributed by atoms with van der Waals surface area (Å²) in [4.78, 5) is 12.2. The zero-order valence-electron chi connectivity index (χ0n) is 8.58. The maximum Gasteiger partial charge on any atom is 0.148 e. The first-order valence-corrected chi connectivity index (χ1v) is 5.89. The van der Waals surface area contributed by atoms with Gasteiger partial charge in [0.05, 0.1) is 5.03 Å². The molecule has 15 heavy (non-hydrogen) atoms. The molecule has 1 aromatic carbocycles. The van der Waals surface area contributed by atoms with Crippen LogP contribution in [0.15, 0.2) is 34.7 Å². The molecule has 0 N–H and O–H groups in total. The van der Waals surface area contributed by atoms with Gasteiger partial charge in [0.15, 0.2) is 0 Å². The van der Waals surface area contributed by atoms with Crippen LogP contribution >= 0.6 is 23.4 Å². The van der Waals surface area contributed by atoms with Crippen LogP contribution in [0.1, 0.15) is 19.4 Å². The summed E-state index contributed by atoms with van der Waals surface area (Å²) in [6, 6.07) is 7.90. The number of aldehydes is 1. The van der Waals surface area contributed by atoms with E-state index in [0.717, 1.165) is 16.7 Å². The van der Waals surface area contributed by atoms with Gasteiger partial charge in [-0.25, -0.2) is 0 Å². The van der Waals surface area contributed by atoms with Gasteiger partial charge < -0.3 is 0 Å². The molecule has 1 aliphatic rings. The second kappa shape index (κ2) is 3.69. The number of thioether (sulfide) groups is 1. The molecular weight excluding hydrogens is 228 g/mol. The van der Waals surface area contributed by atoms with Gasteiger partial charge in [0, 0.05) is 20.8 Å². The monoisotopic (exact) mass is 238 g/mol. The van der Waals surface area contributed by atoms with E-state index in [-0.39, 0.29) is 4.75 Å². The van der Waals surface area contributed by atoms with Crippen LogP contribution in [-0.2, 0) is 4.79 Å². The molecule has 3 heteroatoms. The first kappa shape index (κ1) is 10.8. The lowest BCUT2D eigenvalue weighted by Crippen LogP contribution is -2.23. The normalized spacial score (nSPS) is 18.6. The van der Waals surface area contributed by atoms with Gasteiger partial charge in [-0.15, -0.1) is 11.8 Å². The van der Waals surface area contributed by atoms with Crippen LogP contribution < -0.4 is 0 Å². The first-order valence-electron chi connectivity index (χ1n) is 4.70. The lowest BCUT2D eigenvalue weighted by atomic mass is 9.99. The molecular formula is C12H11ClOS. The molecule has 0 atom stereocenters. The lowest BCUT2D eigenvalue weighted by Gasteiger charge is -2.31. The molecule has 78 valence electrons. The van der Waals surface area contributed by atoms with E-state index >= 15 is 0 Å². The maximum absolute atomic E-state index is 11.0. The lowest BCUT2D eigenvalue weighted by molar-refractivity contribution is -0.105. The van der Waals surface area contributed by atoms with Crippen molar-refractivity contribution in [3.63, 3.8) is 0 Å². The predicted molar refractivity (Wildman–Crippen MR) is 65.2 cm³/mol. The van der Waals surface area contributed by atoms with E-state index in [4.69, 9.17) is 11.6 Å². The minimum atomic E-state index is -0.243. The maximum atomic E-state index is 11.0. The number of carbonyl (C=O) groups excluding carboxylic acids is 1. The number of rotatable bonds is 1. The fourth-order valence-corrected chi connectivity index (χ4v) is 3.46. The van der Waals surface area contributed by atoms with Crippen molar-refractivity contribution >= 4 is 34.7 Å². The summed E-state index contributed by atoms with van der Waals surface area (Å²) < 4.78 is -0.243. The summed E-state index contributed by atoms with van der Waals surface area (Å²) in [6.45, 7) is 4.03. The molecule has 0 aliphatic carbocycles. The second-order valence-corrected chi connectivity index (χ2v) is 6.00. The van der Waals surface area contributed by atoms with Crippen LogP contribution in [0.25, 0.3) is 5.03 Å². The summed E-state index contributed by atoms with van der Waals surface area (Å²) in [5.41, 5.74) is 1.64. The fourth-order valence-electron chi connectivity index (χ4n) is 1.67. The Morgan fingerprint density at radius 3 is 2.67 bits per heavy atom. The highest BCUT2D eigenvalue weighted by Gasteiger charge is 2.33. The van der Waals surface area contributed by atoms with Gasteiger partial charge in [0.1, 0.15) is 6.29 Å². The van der Waals surface area contributed by atoms with E-state index in [9.17, 15) is 4.79 Å². The van der Waals surface area contributed by atoms with E-state index in [1.807, 2.05) is 38.1 Å². The van der Waals surface area contributed by atoms with E-state index in [2.05, 4.69) is 0 Å². The Kier molecular flexibility index (Phi) is 2.65. The topological polar surface area (TPSA) is 17.1 Å². The van der Waals surface area contributed by atoms with Crippen molar-refractivity contribution in [3.05, 3.63) is 35.4 Å². The Labute approximate surface area is 98.5 Å². The van der Waals surface area contributed by atoms with Crippen molar-refractivity contribution in [2.75, 3.05) is 0 Å². The zero-order valence-corrected chi connectivity index (χ0v) is 10.2. The standard InChI is InChI=1S/C12H11ClOS/c1-12(2)9(7-14)11(13)8-5-3-4-6-10(8)15-12/h3-7H,1-2H3. The van der Waals surface area contributed by atoms with Gasteiger partial charge in [-0.05, 0) is 19.9 Å². The van der Waals surface area contributed by atoms with E-state index in [1.165, 1.54) is 0 Å². The smallest absolute Gasteiger partial charge is 0.148 e. The third kappa shape index (κ3) is 1.72. The highest BCUT2D eigenvalue weighted by Crippen LogP contribution is 2.48. The average molecular weight is 239 g/mol. The molecule has 1 aliphatic heterocycles. The first-order chi connectivity index (χ1) is 7.06. The van der Waals surface area contributed by atoms with Crippen molar-refractivity contribution in [2.24, 2.45) is 0 Å². The molecule has 1 heterocycles. The summed E-state index contributed by atoms with van der Waals surface area (Å²) >= 11 is 7.91. The number of hydrogen-bond donors (Lipinski definition) is 0. The van der Waals surface area contributed by atoms with Crippen molar-refractivity contribution in [1.82, 2.24) is 0 Å². The van der Waals surface area contributed by atoms with Crippen LogP contribution in [0, 0.1) is 0 Å². The van der Waals surface area contributed by atoms with Crippen molar-refractivity contribution in [3.8, 4) is 0 Å². The Morgan fingerprint density at radius 2 is 2.00 bits per heavy atom. The third-order valence-electron chi connectivity index (χ3n) is 2.49. The van der Waals surface area contributed by atoms with Gasteiger partial charge in [0.25, 0.3) is 0 Å². The van der Waals surface area contributed by atoms with Gasteiger partial charge in [-0.3, -0.25) is 4.79 Å². The van der Waals surface area contributed by atoms with E-state index in [0.29, 0.717) is 10.6 Å². The minimum Gasteiger partial charge on any atom is -0.298 e. The predicted octanol–water partition coefficient (Wildman–Crippen LogP) is 3.72. The molecule has 1 nitrogen and oxygen atoms in total. The summed E-state index contributed by atoms with van der Waals surface area (Å²) in [5.74, 6) is 0. The molecule has 0 amide bonds. The van der Waals surface area contributed by atoms with Crippen LogP contribution in [0.3, 0.4) is 0 Å². The average Bonchev–Trinajstić information content (AvgIpc) is 2.17. The number of fused-ring (bicyclic) bond motifs is 1. The molecule has 1 aromatic rings.